The van der Waals surface area contributed by atoms with Gasteiger partial charge in [0, 0.05) is 41.9 Å². The molecule has 3 N–H and O–H groups in total. The largest absolute Gasteiger partial charge is 0.472 e. The van der Waals surface area contributed by atoms with Crippen molar-refractivity contribution in [3.8, 4) is 0 Å². The van der Waals surface area contributed by atoms with E-state index in [1.54, 1.807) is 40.0 Å². The van der Waals surface area contributed by atoms with Crippen molar-refractivity contribution in [2.45, 2.75) is 116 Å². The number of ketones is 1. The fourth-order valence-corrected chi connectivity index (χ4v) is 11.4. The van der Waals surface area contributed by atoms with Gasteiger partial charge in [0.25, 0.3) is 0 Å². The van der Waals surface area contributed by atoms with E-state index < -0.39 is 112 Å². The number of fused-ring (bicyclic) bond motifs is 1. The Kier molecular flexibility index (Phi) is 7.02. The van der Waals surface area contributed by atoms with Crippen LogP contribution in [0.25, 0.3) is 0 Å². The van der Waals surface area contributed by atoms with Crippen molar-refractivity contribution in [1.29, 1.82) is 0 Å². The summed E-state index contributed by atoms with van der Waals surface area (Å²) < 4.78 is 35.6. The molecule has 2 aliphatic heterocycles. The van der Waals surface area contributed by atoms with Crippen LogP contribution in [-0.2, 0) is 42.9 Å². The number of Topliss-reactive ketones (excluding diaryl/α,β-unsaturated/α-hetero) is 1. The summed E-state index contributed by atoms with van der Waals surface area (Å²) in [7, 11) is 0. The van der Waals surface area contributed by atoms with Gasteiger partial charge in [0.2, 0.25) is 6.29 Å². The quantitative estimate of drug-likeness (QED) is 0.235. The first-order chi connectivity index (χ1) is 21.9. The lowest BCUT2D eigenvalue weighted by atomic mass is 9.33. The maximum Gasteiger partial charge on any atom is 0.310 e. The number of hydrogen-bond acceptors (Lipinski definition) is 13. The predicted molar refractivity (Wildman–Crippen MR) is 157 cm³/mol. The minimum atomic E-state index is -1.66. The van der Waals surface area contributed by atoms with Gasteiger partial charge < -0.3 is 43.4 Å². The molecule has 0 radical (unpaired) electrons. The molecule has 13 heteroatoms. The van der Waals surface area contributed by atoms with Crippen molar-refractivity contribution in [3.05, 3.63) is 24.2 Å². The average molecular weight is 661 g/mol. The number of rotatable bonds is 5. The molecule has 0 unspecified atom stereocenters. The van der Waals surface area contributed by atoms with Gasteiger partial charge in [-0.1, -0.05) is 27.7 Å². The van der Waals surface area contributed by atoms with Crippen molar-refractivity contribution in [2.24, 2.45) is 39.4 Å². The van der Waals surface area contributed by atoms with Crippen LogP contribution in [0.5, 0.6) is 0 Å². The van der Waals surface area contributed by atoms with Crippen LogP contribution in [-0.4, -0.2) is 94.1 Å². The molecule has 1 aromatic heterocycles. The summed E-state index contributed by atoms with van der Waals surface area (Å²) in [6.07, 6.45) is -5.57. The third kappa shape index (κ3) is 3.67. The van der Waals surface area contributed by atoms with E-state index in [1.807, 2.05) is 6.92 Å². The van der Waals surface area contributed by atoms with Crippen LogP contribution in [0.4, 0.5) is 0 Å². The van der Waals surface area contributed by atoms with Crippen LogP contribution < -0.4 is 0 Å². The van der Waals surface area contributed by atoms with Crippen molar-refractivity contribution in [2.75, 3.05) is 6.61 Å². The van der Waals surface area contributed by atoms with E-state index in [0.29, 0.717) is 6.42 Å². The standard InChI is InChI=1S/C34H44O13/c1-14(2)28(41)46-29-30(5)19-11-20(37)32(7)24(33(19,13-43-29)26(40)23(44-15(3)35)27(30)45-16(4)36)22(38)25(39)31(6)18(17-8-9-42-12-17)10-21-34(31,32)47-21/h8-9,12,14,18-21,23-27,29,37,39-40H,10-11,13H2,1-7H3/t18-,19-,20+,21+,23+,24-,25-,26-,27+,29-,30-,31-,32-,33+,34+/m0/s1. The van der Waals surface area contributed by atoms with E-state index in [9.17, 15) is 34.5 Å². The normalized spacial score (nSPS) is 50.8. The molecule has 4 aliphatic carbocycles. The number of aliphatic hydroxyl groups is 3. The fraction of sp³-hybridized carbons (Fsp3) is 0.765. The summed E-state index contributed by atoms with van der Waals surface area (Å²) >= 11 is 0. The molecule has 2 bridgehead atoms. The van der Waals surface area contributed by atoms with E-state index in [2.05, 4.69) is 0 Å². The molecule has 0 aromatic carbocycles. The number of carbonyl (C=O) groups excluding carboxylic acids is 4. The Morgan fingerprint density at radius 3 is 2.26 bits per heavy atom. The van der Waals surface area contributed by atoms with Crippen LogP contribution in [0.1, 0.15) is 72.8 Å². The Labute approximate surface area is 272 Å². The Bertz CT molecular complexity index is 1510. The Balaban J connectivity index is 1.43. The molecule has 13 nitrogen and oxygen atoms in total. The summed E-state index contributed by atoms with van der Waals surface area (Å²) in [6.45, 7) is 10.5. The van der Waals surface area contributed by atoms with Gasteiger partial charge in [-0.3, -0.25) is 19.2 Å². The highest BCUT2D eigenvalue weighted by Crippen LogP contribution is 2.82. The highest BCUT2D eigenvalue weighted by Gasteiger charge is 2.92. The monoisotopic (exact) mass is 660 g/mol. The first-order valence-electron chi connectivity index (χ1n) is 16.4. The topological polar surface area (TPSA) is 192 Å². The zero-order valence-electron chi connectivity index (χ0n) is 27.6. The van der Waals surface area contributed by atoms with Crippen LogP contribution in [0.15, 0.2) is 23.0 Å². The molecule has 4 saturated carbocycles. The average Bonchev–Trinajstić information content (AvgIpc) is 3.35. The molecule has 258 valence electrons. The van der Waals surface area contributed by atoms with Gasteiger partial charge in [-0.25, -0.2) is 0 Å². The zero-order chi connectivity index (χ0) is 34.2. The molecule has 15 atom stereocenters. The number of ether oxygens (including phenoxy) is 5. The second kappa shape index (κ2) is 10.1. The molecule has 7 rings (SSSR count). The lowest BCUT2D eigenvalue weighted by Gasteiger charge is -2.73. The summed E-state index contributed by atoms with van der Waals surface area (Å²) in [6, 6.07) is 1.80. The van der Waals surface area contributed by atoms with Gasteiger partial charge in [0.1, 0.15) is 17.8 Å². The lowest BCUT2D eigenvalue weighted by molar-refractivity contribution is -0.391. The van der Waals surface area contributed by atoms with Crippen molar-refractivity contribution < 1.29 is 62.6 Å². The molecular formula is C34H44O13. The predicted octanol–water partition coefficient (Wildman–Crippen LogP) is 1.64. The fourth-order valence-electron chi connectivity index (χ4n) is 11.4. The Morgan fingerprint density at radius 1 is 0.979 bits per heavy atom. The zero-order valence-corrected chi connectivity index (χ0v) is 27.6. The van der Waals surface area contributed by atoms with Crippen LogP contribution in [0.3, 0.4) is 0 Å². The molecule has 6 aliphatic rings. The number of epoxide rings is 1. The van der Waals surface area contributed by atoms with Gasteiger partial charge in [-0.2, -0.15) is 0 Å². The maximum atomic E-state index is 15.0. The molecule has 47 heavy (non-hydrogen) atoms. The highest BCUT2D eigenvalue weighted by molar-refractivity contribution is 5.91. The van der Waals surface area contributed by atoms with E-state index in [4.69, 9.17) is 28.1 Å². The number of esters is 3. The molecule has 0 amide bonds. The highest BCUT2D eigenvalue weighted by atomic mass is 16.7. The molecular weight excluding hydrogens is 616 g/mol. The smallest absolute Gasteiger partial charge is 0.310 e. The van der Waals surface area contributed by atoms with E-state index in [0.717, 1.165) is 19.4 Å². The number of carbonyl (C=O) groups is 4. The Morgan fingerprint density at radius 2 is 1.66 bits per heavy atom. The van der Waals surface area contributed by atoms with Crippen LogP contribution in [0.2, 0.25) is 0 Å². The molecule has 2 saturated heterocycles. The third-order valence-electron chi connectivity index (χ3n) is 13.3. The third-order valence-corrected chi connectivity index (χ3v) is 13.3. The first-order valence-corrected chi connectivity index (χ1v) is 16.4. The van der Waals surface area contributed by atoms with Gasteiger partial charge in [-0.05, 0) is 37.3 Å². The van der Waals surface area contributed by atoms with Crippen LogP contribution >= 0.6 is 0 Å². The van der Waals surface area contributed by atoms with E-state index in [-0.39, 0.29) is 18.9 Å². The van der Waals surface area contributed by atoms with E-state index >= 15 is 0 Å². The van der Waals surface area contributed by atoms with Gasteiger partial charge in [-0.15, -0.1) is 0 Å². The summed E-state index contributed by atoms with van der Waals surface area (Å²) in [5.74, 6) is -5.77. The Hall–Kier alpha value is -2.84. The van der Waals surface area contributed by atoms with Gasteiger partial charge in [0.05, 0.1) is 42.7 Å². The van der Waals surface area contributed by atoms with Crippen LogP contribution in [0, 0.1) is 39.4 Å². The SMILES string of the molecule is CC(=O)O[C@H]1[C@@H](OC(C)=O)[C@@]2(C)[C@H](OC(=O)C(C)C)OC[C@@]3([C@H]4C(=O)[C@H](O)[C@]5(C)[C@H](c6ccoc6)C[C@H]6O[C@]65[C@@]4(C)[C@H](O)C[C@@H]23)[C@H]1O. The second-order valence-corrected chi connectivity index (χ2v) is 15.6. The van der Waals surface area contributed by atoms with Crippen molar-refractivity contribution in [1.82, 2.24) is 0 Å². The lowest BCUT2D eigenvalue weighted by Crippen LogP contribution is -2.84. The number of hydrogen-bond donors (Lipinski definition) is 3. The first kappa shape index (κ1) is 32.7. The minimum Gasteiger partial charge on any atom is -0.472 e. The molecule has 3 heterocycles. The van der Waals surface area contributed by atoms with Gasteiger partial charge in [0.15, 0.2) is 18.0 Å². The van der Waals surface area contributed by atoms with Gasteiger partial charge >= 0.3 is 17.9 Å². The minimum absolute atomic E-state index is 0.0299. The molecule has 6 fully saturated rings. The number of aliphatic hydroxyl groups excluding tert-OH is 3. The second-order valence-electron chi connectivity index (χ2n) is 15.6. The summed E-state index contributed by atoms with van der Waals surface area (Å²) in [5, 5.41) is 37.1. The van der Waals surface area contributed by atoms with Crippen molar-refractivity contribution in [3.63, 3.8) is 0 Å². The number of furan rings is 1. The summed E-state index contributed by atoms with van der Waals surface area (Å²) in [5.41, 5.74) is -6.04. The van der Waals surface area contributed by atoms with E-state index in [1.165, 1.54) is 6.26 Å². The molecule has 1 spiro atoms. The summed E-state index contributed by atoms with van der Waals surface area (Å²) in [4.78, 5) is 53.1. The molecule has 1 aromatic rings. The maximum absolute atomic E-state index is 15.0. The van der Waals surface area contributed by atoms with Crippen molar-refractivity contribution >= 4 is 23.7 Å².